The van der Waals surface area contributed by atoms with Crippen LogP contribution < -0.4 is 10.6 Å². The number of nitrogens with zero attached hydrogens (tertiary/aromatic N) is 1. The predicted molar refractivity (Wildman–Crippen MR) is 112 cm³/mol. The minimum atomic E-state index is -0.345. The Balaban J connectivity index is 1.76. The van der Waals surface area contributed by atoms with Crippen molar-refractivity contribution in [3.05, 3.63) is 77.9 Å². The molecular weight excluding hydrogens is 366 g/mol. The van der Waals surface area contributed by atoms with Gasteiger partial charge in [0.1, 0.15) is 6.61 Å². The highest BCUT2D eigenvalue weighted by Crippen LogP contribution is 2.51. The molecule has 6 heteroatoms. The first-order valence-electron chi connectivity index (χ1n) is 9.86. The van der Waals surface area contributed by atoms with Crippen LogP contribution in [-0.2, 0) is 4.74 Å². The molecular formula is C23H25N3O3. The fourth-order valence-corrected chi connectivity index (χ4v) is 4.47. The van der Waals surface area contributed by atoms with Crippen LogP contribution in [0.1, 0.15) is 40.0 Å². The lowest BCUT2D eigenvalue weighted by Crippen LogP contribution is -2.38. The summed E-state index contributed by atoms with van der Waals surface area (Å²) in [4.78, 5) is 26.7. The van der Waals surface area contributed by atoms with Gasteiger partial charge in [-0.25, -0.2) is 4.79 Å². The third-order valence-corrected chi connectivity index (χ3v) is 5.76. The van der Waals surface area contributed by atoms with Crippen LogP contribution in [0.25, 0.3) is 0 Å². The summed E-state index contributed by atoms with van der Waals surface area (Å²) >= 11 is 0. The average Bonchev–Trinajstić information content (AvgIpc) is 3.22. The van der Waals surface area contributed by atoms with E-state index >= 15 is 0 Å². The number of fused-ring (bicyclic) bond motifs is 3. The molecule has 0 saturated carbocycles. The van der Waals surface area contributed by atoms with Crippen molar-refractivity contribution in [2.24, 2.45) is 5.92 Å². The van der Waals surface area contributed by atoms with E-state index in [1.54, 1.807) is 18.0 Å². The fraction of sp³-hybridized carbons (Fsp3) is 0.304. The van der Waals surface area contributed by atoms with Crippen molar-refractivity contribution in [3.8, 4) is 0 Å². The SMILES string of the molecule is C=CCOC(=O)N1CC[C@H]2C(c3ccccc3)Nc3ccc(C(=O)NC)cc3[C@H]21. The molecule has 2 aliphatic heterocycles. The summed E-state index contributed by atoms with van der Waals surface area (Å²) in [6, 6.07) is 15.8. The Labute approximate surface area is 170 Å². The smallest absolute Gasteiger partial charge is 0.410 e. The Bertz CT molecular complexity index is 928. The van der Waals surface area contributed by atoms with Crippen LogP contribution in [-0.4, -0.2) is 37.1 Å². The normalized spacial score (nSPS) is 22.1. The van der Waals surface area contributed by atoms with Crippen LogP contribution in [0.2, 0.25) is 0 Å². The molecule has 6 nitrogen and oxygen atoms in total. The zero-order valence-electron chi connectivity index (χ0n) is 16.4. The highest BCUT2D eigenvalue weighted by Gasteiger charge is 2.47. The monoisotopic (exact) mass is 391 g/mol. The second-order valence-corrected chi connectivity index (χ2v) is 7.37. The zero-order chi connectivity index (χ0) is 20.4. The molecule has 0 bridgehead atoms. The van der Waals surface area contributed by atoms with E-state index in [4.69, 9.17) is 4.74 Å². The molecule has 0 spiro atoms. The van der Waals surface area contributed by atoms with Crippen LogP contribution in [0.15, 0.2) is 61.2 Å². The highest BCUT2D eigenvalue weighted by molar-refractivity contribution is 5.95. The molecule has 4 rings (SSSR count). The first-order valence-corrected chi connectivity index (χ1v) is 9.86. The molecule has 0 radical (unpaired) electrons. The van der Waals surface area contributed by atoms with Gasteiger partial charge in [-0.1, -0.05) is 43.0 Å². The van der Waals surface area contributed by atoms with E-state index in [-0.39, 0.29) is 36.6 Å². The van der Waals surface area contributed by atoms with E-state index in [0.29, 0.717) is 12.1 Å². The predicted octanol–water partition coefficient (Wildman–Crippen LogP) is 3.90. The number of benzene rings is 2. The summed E-state index contributed by atoms with van der Waals surface area (Å²) in [6.07, 6.45) is 2.07. The largest absolute Gasteiger partial charge is 0.445 e. The second-order valence-electron chi connectivity index (χ2n) is 7.37. The van der Waals surface area contributed by atoms with Crippen molar-refractivity contribution in [1.82, 2.24) is 10.2 Å². The van der Waals surface area contributed by atoms with Gasteiger partial charge in [-0.3, -0.25) is 4.79 Å². The van der Waals surface area contributed by atoms with Crippen LogP contribution in [0.4, 0.5) is 10.5 Å². The lowest BCUT2D eigenvalue weighted by atomic mass is 9.79. The van der Waals surface area contributed by atoms with E-state index in [0.717, 1.165) is 17.7 Å². The number of likely N-dealkylation sites (tertiary alicyclic amines) is 1. The van der Waals surface area contributed by atoms with Gasteiger partial charge in [0.15, 0.2) is 0 Å². The number of carbonyl (C=O) groups is 2. The van der Waals surface area contributed by atoms with Gasteiger partial charge >= 0.3 is 6.09 Å². The first-order chi connectivity index (χ1) is 14.1. The van der Waals surface area contributed by atoms with Crippen LogP contribution in [0, 0.1) is 5.92 Å². The molecule has 2 aliphatic rings. The number of amides is 2. The first kappa shape index (κ1) is 19.1. The van der Waals surface area contributed by atoms with Crippen molar-refractivity contribution < 1.29 is 14.3 Å². The van der Waals surface area contributed by atoms with Gasteiger partial charge in [0.25, 0.3) is 5.91 Å². The van der Waals surface area contributed by atoms with Crippen molar-refractivity contribution >= 4 is 17.7 Å². The number of anilines is 1. The van der Waals surface area contributed by atoms with Gasteiger partial charge < -0.3 is 20.3 Å². The lowest BCUT2D eigenvalue weighted by molar-refractivity contribution is 0.0962. The third kappa shape index (κ3) is 3.46. The van der Waals surface area contributed by atoms with Crippen molar-refractivity contribution in [1.29, 1.82) is 0 Å². The molecule has 2 amide bonds. The maximum absolute atomic E-state index is 12.7. The van der Waals surface area contributed by atoms with Crippen molar-refractivity contribution in [2.75, 3.05) is 25.5 Å². The van der Waals surface area contributed by atoms with E-state index in [2.05, 4.69) is 29.3 Å². The molecule has 2 N–H and O–H groups in total. The number of hydrogen-bond acceptors (Lipinski definition) is 4. The summed E-state index contributed by atoms with van der Waals surface area (Å²) in [5, 5.41) is 6.31. The summed E-state index contributed by atoms with van der Waals surface area (Å²) < 4.78 is 5.35. The Hall–Kier alpha value is -3.28. The second kappa shape index (κ2) is 7.99. The van der Waals surface area contributed by atoms with Gasteiger partial charge in [0.2, 0.25) is 0 Å². The van der Waals surface area contributed by atoms with Gasteiger partial charge in [-0.05, 0) is 35.7 Å². The molecule has 1 fully saturated rings. The highest BCUT2D eigenvalue weighted by atomic mass is 16.6. The van der Waals surface area contributed by atoms with Crippen molar-refractivity contribution in [3.63, 3.8) is 0 Å². The van der Waals surface area contributed by atoms with Crippen LogP contribution >= 0.6 is 0 Å². The molecule has 3 atom stereocenters. The van der Waals surface area contributed by atoms with Crippen LogP contribution in [0.5, 0.6) is 0 Å². The lowest BCUT2D eigenvalue weighted by Gasteiger charge is -2.39. The molecule has 1 saturated heterocycles. The molecule has 0 aromatic heterocycles. The molecule has 0 aliphatic carbocycles. The standard InChI is InChI=1S/C23H25N3O3/c1-3-13-29-23(28)26-12-11-17-20(15-7-5-4-6-8-15)25-19-10-9-16(22(27)24-2)14-18(19)21(17)26/h3-10,14,17,20-21,25H,1,11-13H2,2H3,(H,24,27)/t17-,20?,21-/m0/s1. The van der Waals surface area contributed by atoms with Gasteiger partial charge in [-0.2, -0.15) is 0 Å². The number of ether oxygens (including phenoxy) is 1. The Kier molecular flexibility index (Phi) is 5.25. The molecule has 29 heavy (non-hydrogen) atoms. The minimum absolute atomic E-state index is 0.0803. The number of rotatable bonds is 4. The van der Waals surface area contributed by atoms with Crippen LogP contribution in [0.3, 0.4) is 0 Å². The summed E-state index contributed by atoms with van der Waals surface area (Å²) in [5.41, 5.74) is 3.66. The van der Waals surface area contributed by atoms with Gasteiger partial charge in [0.05, 0.1) is 12.1 Å². The Morgan fingerprint density at radius 2 is 2.07 bits per heavy atom. The molecule has 2 heterocycles. The Morgan fingerprint density at radius 1 is 1.28 bits per heavy atom. The quantitative estimate of drug-likeness (QED) is 0.776. The topological polar surface area (TPSA) is 70.7 Å². The van der Waals surface area contributed by atoms with Gasteiger partial charge in [-0.15, -0.1) is 0 Å². The maximum Gasteiger partial charge on any atom is 0.410 e. The summed E-state index contributed by atoms with van der Waals surface area (Å²) in [7, 11) is 1.61. The number of nitrogens with one attached hydrogen (secondary N) is 2. The molecule has 2 aromatic rings. The number of carbonyl (C=O) groups excluding carboxylic acids is 2. The van der Waals surface area contributed by atoms with Gasteiger partial charge in [0, 0.05) is 30.8 Å². The van der Waals surface area contributed by atoms with E-state index < -0.39 is 0 Å². The van der Waals surface area contributed by atoms with E-state index in [1.165, 1.54) is 5.56 Å². The Morgan fingerprint density at radius 3 is 2.79 bits per heavy atom. The third-order valence-electron chi connectivity index (χ3n) is 5.76. The zero-order valence-corrected chi connectivity index (χ0v) is 16.4. The van der Waals surface area contributed by atoms with E-state index in [1.807, 2.05) is 36.4 Å². The summed E-state index contributed by atoms with van der Waals surface area (Å²) in [6.45, 7) is 4.41. The maximum atomic E-state index is 12.7. The average molecular weight is 391 g/mol. The number of hydrogen-bond donors (Lipinski definition) is 2. The van der Waals surface area contributed by atoms with E-state index in [9.17, 15) is 9.59 Å². The molecule has 1 unspecified atom stereocenters. The van der Waals surface area contributed by atoms with Crippen molar-refractivity contribution in [2.45, 2.75) is 18.5 Å². The molecule has 150 valence electrons. The molecule has 2 aromatic carbocycles. The fourth-order valence-electron chi connectivity index (χ4n) is 4.47. The summed E-state index contributed by atoms with van der Waals surface area (Å²) in [5.74, 6) is 0.0365. The minimum Gasteiger partial charge on any atom is -0.445 e.